The molecule has 2 fully saturated rings. The van der Waals surface area contributed by atoms with Crippen molar-refractivity contribution in [2.24, 2.45) is 0 Å². The van der Waals surface area contributed by atoms with Crippen molar-refractivity contribution in [2.75, 3.05) is 32.8 Å². The lowest BCUT2D eigenvalue weighted by molar-refractivity contribution is -0.0381. The van der Waals surface area contributed by atoms with Crippen LogP contribution < -0.4 is 5.32 Å². The predicted molar refractivity (Wildman–Crippen MR) is 96.2 cm³/mol. The Bertz CT molecular complexity index is 594. The summed E-state index contributed by atoms with van der Waals surface area (Å²) in [6.45, 7) is 3.37. The number of piperidine rings is 1. The number of hydrogen-bond donors (Lipinski definition) is 1. The second-order valence-corrected chi connectivity index (χ2v) is 6.48. The van der Waals surface area contributed by atoms with Gasteiger partial charge in [0.15, 0.2) is 0 Å². The molecule has 1 unspecified atom stereocenters. The second-order valence-electron chi connectivity index (χ2n) is 6.48. The van der Waals surface area contributed by atoms with Gasteiger partial charge in [-0.25, -0.2) is 4.79 Å². The van der Waals surface area contributed by atoms with Gasteiger partial charge in [0, 0.05) is 25.3 Å². The molecule has 0 aromatic heterocycles. The average Bonchev–Trinajstić information content (AvgIpc) is 3.18. The van der Waals surface area contributed by atoms with Gasteiger partial charge in [-0.15, -0.1) is 0 Å². The van der Waals surface area contributed by atoms with Crippen LogP contribution in [-0.2, 0) is 9.47 Å². The fraction of sp³-hybridized carbons (Fsp3) is 0.550. The maximum Gasteiger partial charge on any atom is 0.318 e. The van der Waals surface area contributed by atoms with Crippen molar-refractivity contribution in [3.8, 4) is 11.8 Å². The largest absolute Gasteiger partial charge is 0.376 e. The number of carbonyl (C=O) groups is 1. The van der Waals surface area contributed by atoms with Gasteiger partial charge in [0.25, 0.3) is 0 Å². The van der Waals surface area contributed by atoms with Crippen LogP contribution in [0.4, 0.5) is 4.79 Å². The van der Waals surface area contributed by atoms with Crippen LogP contribution in [-0.4, -0.2) is 56.0 Å². The Balaban J connectivity index is 1.32. The number of likely N-dealkylation sites (tertiary alicyclic amines) is 1. The highest BCUT2D eigenvalue weighted by Crippen LogP contribution is 2.17. The van der Waals surface area contributed by atoms with Crippen LogP contribution in [0.15, 0.2) is 30.3 Å². The Morgan fingerprint density at radius 2 is 2.04 bits per heavy atom. The molecule has 1 aromatic rings. The molecule has 0 aliphatic carbocycles. The molecule has 2 amide bonds. The molecule has 5 heteroatoms. The third-order valence-corrected chi connectivity index (χ3v) is 4.61. The third kappa shape index (κ3) is 5.77. The van der Waals surface area contributed by atoms with E-state index in [9.17, 15) is 4.79 Å². The van der Waals surface area contributed by atoms with Gasteiger partial charge in [-0.05, 0) is 37.8 Å². The monoisotopic (exact) mass is 342 g/mol. The normalized spacial score (nSPS) is 20.8. The molecular weight excluding hydrogens is 316 g/mol. The van der Waals surface area contributed by atoms with Crippen LogP contribution in [0.1, 0.15) is 31.2 Å². The van der Waals surface area contributed by atoms with Crippen LogP contribution >= 0.6 is 0 Å². The molecule has 0 radical (unpaired) electrons. The number of amides is 2. The first kappa shape index (κ1) is 17.8. The van der Waals surface area contributed by atoms with E-state index >= 15 is 0 Å². The molecular formula is C20H26N2O3. The highest BCUT2D eigenvalue weighted by molar-refractivity contribution is 5.74. The van der Waals surface area contributed by atoms with Crippen LogP contribution in [0, 0.1) is 11.8 Å². The molecule has 2 heterocycles. The van der Waals surface area contributed by atoms with Crippen molar-refractivity contribution in [2.45, 2.75) is 37.9 Å². The lowest BCUT2D eigenvalue weighted by atomic mass is 10.1. The summed E-state index contributed by atoms with van der Waals surface area (Å²) in [5, 5.41) is 2.87. The molecule has 0 saturated carbocycles. The summed E-state index contributed by atoms with van der Waals surface area (Å²) in [6, 6.07) is 9.73. The topological polar surface area (TPSA) is 50.8 Å². The van der Waals surface area contributed by atoms with Gasteiger partial charge in [-0.1, -0.05) is 30.0 Å². The lowest BCUT2D eigenvalue weighted by Crippen LogP contribution is -2.46. The number of nitrogens with one attached hydrogen (secondary N) is 1. The van der Waals surface area contributed by atoms with E-state index < -0.39 is 0 Å². The SMILES string of the molecule is O=C(NCC#Cc1ccccc1)N1CCC(OCC2CCCO2)CC1. The van der Waals surface area contributed by atoms with Gasteiger partial charge in [0.1, 0.15) is 0 Å². The van der Waals surface area contributed by atoms with Crippen LogP contribution in [0.2, 0.25) is 0 Å². The molecule has 3 rings (SSSR count). The van der Waals surface area contributed by atoms with E-state index in [-0.39, 0.29) is 18.2 Å². The zero-order valence-electron chi connectivity index (χ0n) is 14.6. The molecule has 5 nitrogen and oxygen atoms in total. The number of benzene rings is 1. The summed E-state index contributed by atoms with van der Waals surface area (Å²) in [4.78, 5) is 14.0. The van der Waals surface area contributed by atoms with Crippen LogP contribution in [0.3, 0.4) is 0 Å². The Labute approximate surface area is 149 Å². The Morgan fingerprint density at radius 1 is 1.24 bits per heavy atom. The number of ether oxygens (including phenoxy) is 2. The van der Waals surface area contributed by atoms with Crippen molar-refractivity contribution < 1.29 is 14.3 Å². The highest BCUT2D eigenvalue weighted by Gasteiger charge is 2.24. The molecule has 0 bridgehead atoms. The standard InChI is InChI=1S/C20H26N2O3/c23-20(21-12-4-8-17-6-2-1-3-7-17)22-13-10-18(11-14-22)25-16-19-9-5-15-24-19/h1-3,6-7,18-19H,5,9-16H2,(H,21,23). The molecule has 1 aromatic carbocycles. The summed E-state index contributed by atoms with van der Waals surface area (Å²) in [7, 11) is 0. The van der Waals surface area contributed by atoms with Gasteiger partial charge in [-0.3, -0.25) is 0 Å². The first-order chi connectivity index (χ1) is 12.3. The molecule has 0 spiro atoms. The number of nitrogens with zero attached hydrogens (tertiary/aromatic N) is 1. The minimum Gasteiger partial charge on any atom is -0.376 e. The summed E-state index contributed by atoms with van der Waals surface area (Å²) in [5.74, 6) is 6.02. The molecule has 25 heavy (non-hydrogen) atoms. The first-order valence-corrected chi connectivity index (χ1v) is 9.11. The molecule has 134 valence electrons. The Morgan fingerprint density at radius 3 is 2.76 bits per heavy atom. The second kappa shape index (κ2) is 9.45. The van der Waals surface area contributed by atoms with Crippen molar-refractivity contribution in [1.29, 1.82) is 0 Å². The van der Waals surface area contributed by atoms with E-state index in [0.29, 0.717) is 13.2 Å². The number of carbonyl (C=O) groups excluding carboxylic acids is 1. The molecule has 2 aliphatic rings. The molecule has 1 atom stereocenters. The van der Waals surface area contributed by atoms with Crippen molar-refractivity contribution in [3.05, 3.63) is 35.9 Å². The quantitative estimate of drug-likeness (QED) is 0.855. The first-order valence-electron chi connectivity index (χ1n) is 9.11. The summed E-state index contributed by atoms with van der Waals surface area (Å²) >= 11 is 0. The fourth-order valence-corrected chi connectivity index (χ4v) is 3.14. The lowest BCUT2D eigenvalue weighted by Gasteiger charge is -2.32. The maximum absolute atomic E-state index is 12.2. The van der Waals surface area contributed by atoms with Gasteiger partial charge in [0.05, 0.1) is 25.4 Å². The van der Waals surface area contributed by atoms with Crippen molar-refractivity contribution >= 4 is 6.03 Å². The zero-order chi connectivity index (χ0) is 17.3. The smallest absolute Gasteiger partial charge is 0.318 e. The number of urea groups is 1. The van der Waals surface area contributed by atoms with E-state index in [1.165, 1.54) is 0 Å². The van der Waals surface area contributed by atoms with Crippen LogP contribution in [0.25, 0.3) is 0 Å². The Kier molecular flexibility index (Phi) is 6.72. The number of hydrogen-bond acceptors (Lipinski definition) is 3. The fourth-order valence-electron chi connectivity index (χ4n) is 3.14. The third-order valence-electron chi connectivity index (χ3n) is 4.61. The van der Waals surface area contributed by atoms with Gasteiger partial charge in [-0.2, -0.15) is 0 Å². The average molecular weight is 342 g/mol. The zero-order valence-corrected chi connectivity index (χ0v) is 14.6. The summed E-state index contributed by atoms with van der Waals surface area (Å²) < 4.78 is 11.5. The maximum atomic E-state index is 12.2. The van der Waals surface area contributed by atoms with Crippen molar-refractivity contribution in [3.63, 3.8) is 0 Å². The van der Waals surface area contributed by atoms with E-state index in [0.717, 1.165) is 50.9 Å². The minimum atomic E-state index is -0.0417. The minimum absolute atomic E-state index is 0.0417. The predicted octanol–water partition coefficient (Wildman–Crippen LogP) is 2.41. The van der Waals surface area contributed by atoms with Crippen LogP contribution in [0.5, 0.6) is 0 Å². The number of rotatable bonds is 4. The van der Waals surface area contributed by atoms with Crippen molar-refractivity contribution in [1.82, 2.24) is 10.2 Å². The Hall–Kier alpha value is -2.03. The van der Waals surface area contributed by atoms with Gasteiger partial charge in [0.2, 0.25) is 0 Å². The summed E-state index contributed by atoms with van der Waals surface area (Å²) in [5.41, 5.74) is 0.959. The van der Waals surface area contributed by atoms with Gasteiger partial charge < -0.3 is 19.7 Å². The van der Waals surface area contributed by atoms with Gasteiger partial charge >= 0.3 is 6.03 Å². The summed E-state index contributed by atoms with van der Waals surface area (Å²) in [6.07, 6.45) is 4.52. The van der Waals surface area contributed by atoms with E-state index in [1.807, 2.05) is 35.2 Å². The van der Waals surface area contributed by atoms with E-state index in [1.54, 1.807) is 0 Å². The molecule has 2 saturated heterocycles. The highest BCUT2D eigenvalue weighted by atomic mass is 16.5. The molecule has 1 N–H and O–H groups in total. The van der Waals surface area contributed by atoms with E-state index in [2.05, 4.69) is 17.2 Å². The van der Waals surface area contributed by atoms with E-state index in [4.69, 9.17) is 9.47 Å². The molecule has 2 aliphatic heterocycles.